The Labute approximate surface area is 176 Å². The van der Waals surface area contributed by atoms with E-state index in [1.165, 1.54) is 12.7 Å². The molecule has 1 aliphatic heterocycles. The molecule has 0 radical (unpaired) electrons. The predicted octanol–water partition coefficient (Wildman–Crippen LogP) is 3.32. The number of amides is 1. The van der Waals surface area contributed by atoms with E-state index < -0.39 is 0 Å². The average molecular weight is 406 g/mol. The zero-order chi connectivity index (χ0) is 21.3. The van der Waals surface area contributed by atoms with Gasteiger partial charge in [0.2, 0.25) is 0 Å². The molecule has 7 nitrogen and oxygen atoms in total. The molecule has 2 aromatic rings. The second-order valence-electron chi connectivity index (χ2n) is 7.88. The third kappa shape index (κ3) is 3.92. The molecule has 1 aromatic carbocycles. The van der Waals surface area contributed by atoms with Gasteiger partial charge in [-0.05, 0) is 55.4 Å². The van der Waals surface area contributed by atoms with Gasteiger partial charge in [-0.1, -0.05) is 18.2 Å². The number of fused-ring (bicyclic) bond motifs is 1. The Bertz CT molecular complexity index is 1010. The summed E-state index contributed by atoms with van der Waals surface area (Å²) in [5, 5.41) is 0. The van der Waals surface area contributed by atoms with Crippen molar-refractivity contribution in [2.75, 3.05) is 24.3 Å². The molecule has 1 amide bonds. The smallest absolute Gasteiger partial charge is 0.305 e. The van der Waals surface area contributed by atoms with Gasteiger partial charge in [-0.15, -0.1) is 0 Å². The van der Waals surface area contributed by atoms with Crippen molar-refractivity contribution in [2.45, 2.75) is 39.0 Å². The molecule has 2 heterocycles. The highest BCUT2D eigenvalue weighted by Gasteiger charge is 2.29. The van der Waals surface area contributed by atoms with Gasteiger partial charge in [0.25, 0.3) is 5.91 Å². The fourth-order valence-corrected chi connectivity index (χ4v) is 4.28. The van der Waals surface area contributed by atoms with Crippen molar-refractivity contribution < 1.29 is 14.3 Å². The molecule has 7 heteroatoms. The second kappa shape index (κ2) is 8.26. The van der Waals surface area contributed by atoms with Crippen molar-refractivity contribution in [2.24, 2.45) is 5.92 Å². The Kier molecular flexibility index (Phi) is 5.53. The van der Waals surface area contributed by atoms with Gasteiger partial charge in [0, 0.05) is 25.1 Å². The van der Waals surface area contributed by atoms with Gasteiger partial charge in [0.1, 0.15) is 17.2 Å². The summed E-state index contributed by atoms with van der Waals surface area (Å²) in [6, 6.07) is 8.06. The van der Waals surface area contributed by atoms with Gasteiger partial charge < -0.3 is 15.4 Å². The SMILES string of the molecule is COC(=O)CC1CC=C(c2ccc(N3CCc4nc(C)nc(N)c4C3=O)cc2)CC1. The number of aromatic nitrogens is 2. The molecule has 4 rings (SSSR count). The molecule has 30 heavy (non-hydrogen) atoms. The predicted molar refractivity (Wildman–Crippen MR) is 115 cm³/mol. The molecule has 156 valence electrons. The summed E-state index contributed by atoms with van der Waals surface area (Å²) in [4.78, 5) is 34.7. The summed E-state index contributed by atoms with van der Waals surface area (Å²) in [6.45, 7) is 2.35. The summed E-state index contributed by atoms with van der Waals surface area (Å²) in [5.41, 5.74) is 10.4. The van der Waals surface area contributed by atoms with Gasteiger partial charge in [-0.25, -0.2) is 9.97 Å². The normalized spacial score (nSPS) is 18.6. The van der Waals surface area contributed by atoms with Crippen LogP contribution in [0.2, 0.25) is 0 Å². The topological polar surface area (TPSA) is 98.4 Å². The number of nitrogen functional groups attached to an aromatic ring is 1. The van der Waals surface area contributed by atoms with Gasteiger partial charge >= 0.3 is 5.97 Å². The Morgan fingerprint density at radius 1 is 1.23 bits per heavy atom. The van der Waals surface area contributed by atoms with Gasteiger partial charge in [-0.2, -0.15) is 0 Å². The Hall–Kier alpha value is -3.22. The quantitative estimate of drug-likeness (QED) is 0.782. The summed E-state index contributed by atoms with van der Waals surface area (Å²) in [7, 11) is 1.43. The van der Waals surface area contributed by atoms with Gasteiger partial charge in [0.15, 0.2) is 0 Å². The standard InChI is InChI=1S/C23H26N4O3/c1-14-25-19-11-12-27(23(29)21(19)22(24)26-14)18-9-7-17(8-10-18)16-5-3-15(4-6-16)13-20(28)30-2/h5,7-10,15H,3-4,6,11-13H2,1-2H3,(H2,24,25,26). The highest BCUT2D eigenvalue weighted by Crippen LogP contribution is 2.33. The van der Waals surface area contributed by atoms with E-state index in [-0.39, 0.29) is 17.7 Å². The molecule has 2 aliphatic rings. The lowest BCUT2D eigenvalue weighted by Gasteiger charge is -2.29. The van der Waals surface area contributed by atoms with Crippen molar-refractivity contribution in [3.05, 3.63) is 53.0 Å². The van der Waals surface area contributed by atoms with E-state index in [4.69, 9.17) is 10.5 Å². The number of nitrogens with two attached hydrogens (primary N) is 1. The molecule has 1 aliphatic carbocycles. The van der Waals surface area contributed by atoms with E-state index in [1.807, 2.05) is 12.1 Å². The number of rotatable bonds is 4. The Morgan fingerprint density at radius 2 is 2.00 bits per heavy atom. The number of ether oxygens (including phenoxy) is 1. The number of methoxy groups -OCH3 is 1. The van der Waals surface area contributed by atoms with Crippen LogP contribution in [-0.4, -0.2) is 35.5 Å². The minimum atomic E-state index is -0.149. The Morgan fingerprint density at radius 3 is 2.67 bits per heavy atom. The Balaban J connectivity index is 1.48. The first-order valence-electron chi connectivity index (χ1n) is 10.3. The number of esters is 1. The van der Waals surface area contributed by atoms with Crippen LogP contribution in [0.15, 0.2) is 30.3 Å². The van der Waals surface area contributed by atoms with Crippen LogP contribution >= 0.6 is 0 Å². The van der Waals surface area contributed by atoms with Crippen molar-refractivity contribution >= 4 is 29.0 Å². The monoisotopic (exact) mass is 406 g/mol. The van der Waals surface area contributed by atoms with Crippen LogP contribution in [0.4, 0.5) is 11.5 Å². The van der Waals surface area contributed by atoms with Crippen LogP contribution < -0.4 is 10.6 Å². The zero-order valence-corrected chi connectivity index (χ0v) is 17.4. The van der Waals surface area contributed by atoms with E-state index in [1.54, 1.807) is 11.8 Å². The number of allylic oxidation sites excluding steroid dienone is 2. The lowest BCUT2D eigenvalue weighted by molar-refractivity contribution is -0.141. The number of hydrogen-bond acceptors (Lipinski definition) is 6. The summed E-state index contributed by atoms with van der Waals surface area (Å²) in [5.74, 6) is 0.895. The maximum Gasteiger partial charge on any atom is 0.305 e. The number of carbonyl (C=O) groups excluding carboxylic acids is 2. The molecule has 1 unspecified atom stereocenters. The molecule has 0 saturated heterocycles. The van der Waals surface area contributed by atoms with Crippen LogP contribution in [-0.2, 0) is 16.0 Å². The molecule has 2 N–H and O–H groups in total. The average Bonchev–Trinajstić information content (AvgIpc) is 2.74. The number of aryl methyl sites for hydroxylation is 1. The van der Waals surface area contributed by atoms with Crippen molar-refractivity contribution in [3.63, 3.8) is 0 Å². The first kappa shape index (κ1) is 20.1. The van der Waals surface area contributed by atoms with Crippen LogP contribution in [0, 0.1) is 12.8 Å². The third-order valence-corrected chi connectivity index (χ3v) is 5.91. The van der Waals surface area contributed by atoms with Gasteiger partial charge in [0.05, 0.1) is 12.8 Å². The molecule has 0 spiro atoms. The first-order chi connectivity index (χ1) is 14.5. The van der Waals surface area contributed by atoms with E-state index in [0.29, 0.717) is 36.7 Å². The minimum absolute atomic E-state index is 0.143. The van der Waals surface area contributed by atoms with Crippen LogP contribution in [0.1, 0.15) is 53.1 Å². The lowest BCUT2D eigenvalue weighted by atomic mass is 9.85. The number of hydrogen-bond donors (Lipinski definition) is 1. The summed E-state index contributed by atoms with van der Waals surface area (Å²) in [6.07, 6.45) is 6.14. The fourth-order valence-electron chi connectivity index (χ4n) is 4.28. The molecule has 1 atom stereocenters. The first-order valence-corrected chi connectivity index (χ1v) is 10.3. The largest absolute Gasteiger partial charge is 0.469 e. The van der Waals surface area contributed by atoms with Crippen LogP contribution in [0.25, 0.3) is 5.57 Å². The van der Waals surface area contributed by atoms with E-state index in [2.05, 4.69) is 28.2 Å². The molecule has 1 aromatic heterocycles. The van der Waals surface area contributed by atoms with Crippen LogP contribution in [0.5, 0.6) is 0 Å². The maximum absolute atomic E-state index is 13.0. The van der Waals surface area contributed by atoms with Crippen molar-refractivity contribution in [3.8, 4) is 0 Å². The van der Waals surface area contributed by atoms with Crippen molar-refractivity contribution in [1.82, 2.24) is 9.97 Å². The molecule has 0 saturated carbocycles. The zero-order valence-electron chi connectivity index (χ0n) is 17.4. The highest BCUT2D eigenvalue weighted by molar-refractivity contribution is 6.10. The number of anilines is 2. The van der Waals surface area contributed by atoms with E-state index >= 15 is 0 Å². The second-order valence-corrected chi connectivity index (χ2v) is 7.88. The molecular formula is C23H26N4O3. The van der Waals surface area contributed by atoms with Crippen molar-refractivity contribution in [1.29, 1.82) is 0 Å². The molecular weight excluding hydrogens is 380 g/mol. The maximum atomic E-state index is 13.0. The van der Waals surface area contributed by atoms with E-state index in [0.717, 1.165) is 36.2 Å². The lowest BCUT2D eigenvalue weighted by Crippen LogP contribution is -2.39. The molecule has 0 bridgehead atoms. The minimum Gasteiger partial charge on any atom is -0.469 e. The van der Waals surface area contributed by atoms with Gasteiger partial charge in [-0.3, -0.25) is 9.59 Å². The summed E-state index contributed by atoms with van der Waals surface area (Å²) >= 11 is 0. The highest BCUT2D eigenvalue weighted by atomic mass is 16.5. The van der Waals surface area contributed by atoms with E-state index in [9.17, 15) is 9.59 Å². The number of carbonyl (C=O) groups is 2. The third-order valence-electron chi connectivity index (χ3n) is 5.91. The van der Waals surface area contributed by atoms with Crippen LogP contribution in [0.3, 0.4) is 0 Å². The number of benzene rings is 1. The summed E-state index contributed by atoms with van der Waals surface area (Å²) < 4.78 is 4.77. The molecule has 0 fully saturated rings. The fraction of sp³-hybridized carbons (Fsp3) is 0.391. The number of nitrogens with zero attached hydrogens (tertiary/aromatic N) is 3.